The summed E-state index contributed by atoms with van der Waals surface area (Å²) in [5, 5.41) is 5.94. The molecule has 0 aromatic carbocycles. The molecule has 1 aromatic rings. The van der Waals surface area contributed by atoms with Crippen LogP contribution in [-0.4, -0.2) is 62.8 Å². The molecule has 0 unspecified atom stereocenters. The summed E-state index contributed by atoms with van der Waals surface area (Å²) in [6.45, 7) is 0.265. The predicted octanol–water partition coefficient (Wildman–Crippen LogP) is -0.808. The van der Waals surface area contributed by atoms with Gasteiger partial charge in [0.15, 0.2) is 0 Å². The number of nitrogens with zero attached hydrogens (tertiary/aromatic N) is 2. The molecular formula is C10H18N4O5S. The fourth-order valence-corrected chi connectivity index (χ4v) is 2.93. The maximum absolute atomic E-state index is 12.4. The summed E-state index contributed by atoms with van der Waals surface area (Å²) in [6.07, 6.45) is 1.07. The minimum Gasteiger partial charge on any atom is -0.469 e. The molecule has 0 fully saturated rings. The van der Waals surface area contributed by atoms with Crippen LogP contribution in [0.4, 0.5) is 5.82 Å². The van der Waals surface area contributed by atoms with Crippen molar-refractivity contribution in [3.05, 3.63) is 6.20 Å². The number of methoxy groups -OCH3 is 2. The summed E-state index contributed by atoms with van der Waals surface area (Å²) in [4.78, 5) is 11.0. The molecule has 0 radical (unpaired) electrons. The Kier molecular flexibility index (Phi) is 5.92. The van der Waals surface area contributed by atoms with Crippen molar-refractivity contribution in [3.63, 3.8) is 0 Å². The van der Waals surface area contributed by atoms with Crippen LogP contribution in [0.2, 0.25) is 0 Å². The number of nitrogens with one attached hydrogen (secondary N) is 1. The zero-order valence-electron chi connectivity index (χ0n) is 11.3. The van der Waals surface area contributed by atoms with Gasteiger partial charge in [0.2, 0.25) is 10.0 Å². The molecule has 114 valence electrons. The summed E-state index contributed by atoms with van der Waals surface area (Å²) in [6, 6.07) is 0. The van der Waals surface area contributed by atoms with Gasteiger partial charge >= 0.3 is 5.97 Å². The van der Waals surface area contributed by atoms with Crippen molar-refractivity contribution in [2.24, 2.45) is 0 Å². The molecule has 0 saturated heterocycles. The van der Waals surface area contributed by atoms with E-state index in [4.69, 9.17) is 10.5 Å². The Morgan fingerprint density at radius 3 is 2.65 bits per heavy atom. The van der Waals surface area contributed by atoms with E-state index < -0.39 is 16.0 Å². The Bertz CT molecular complexity index is 542. The van der Waals surface area contributed by atoms with Crippen molar-refractivity contribution in [2.45, 2.75) is 11.3 Å². The smallest absolute Gasteiger partial charge is 0.306 e. The topological polar surface area (TPSA) is 128 Å². The van der Waals surface area contributed by atoms with Crippen LogP contribution in [0, 0.1) is 0 Å². The fourth-order valence-electron chi connectivity index (χ4n) is 1.49. The van der Waals surface area contributed by atoms with Crippen LogP contribution in [0.25, 0.3) is 0 Å². The first-order valence-corrected chi connectivity index (χ1v) is 7.22. The predicted molar refractivity (Wildman–Crippen MR) is 70.3 cm³/mol. The normalized spacial score (nSPS) is 11.8. The summed E-state index contributed by atoms with van der Waals surface area (Å²) < 4.78 is 35.3. The molecule has 10 heteroatoms. The third-order valence-corrected chi connectivity index (χ3v) is 4.51. The molecule has 20 heavy (non-hydrogen) atoms. The Morgan fingerprint density at radius 2 is 2.15 bits per heavy atom. The van der Waals surface area contributed by atoms with Crippen molar-refractivity contribution in [1.29, 1.82) is 0 Å². The van der Waals surface area contributed by atoms with Gasteiger partial charge in [0.05, 0.1) is 26.3 Å². The van der Waals surface area contributed by atoms with Crippen LogP contribution in [-0.2, 0) is 24.3 Å². The van der Waals surface area contributed by atoms with Crippen LogP contribution in [0.15, 0.2) is 11.1 Å². The zero-order chi connectivity index (χ0) is 15.2. The maximum atomic E-state index is 12.4. The number of nitrogens with two attached hydrogens (primary N) is 1. The van der Waals surface area contributed by atoms with Crippen LogP contribution in [0.5, 0.6) is 0 Å². The molecule has 1 aromatic heterocycles. The highest BCUT2D eigenvalue weighted by Crippen LogP contribution is 2.19. The van der Waals surface area contributed by atoms with E-state index in [1.54, 1.807) is 0 Å². The van der Waals surface area contributed by atoms with Crippen molar-refractivity contribution in [2.75, 3.05) is 39.6 Å². The number of ether oxygens (including phenoxy) is 2. The lowest BCUT2D eigenvalue weighted by Crippen LogP contribution is -2.36. The lowest BCUT2D eigenvalue weighted by molar-refractivity contribution is -0.140. The first-order chi connectivity index (χ1) is 9.43. The number of carbonyl (C=O) groups is 1. The van der Waals surface area contributed by atoms with E-state index in [9.17, 15) is 13.2 Å². The van der Waals surface area contributed by atoms with Crippen molar-refractivity contribution in [3.8, 4) is 0 Å². The van der Waals surface area contributed by atoms with Crippen LogP contribution >= 0.6 is 0 Å². The highest BCUT2D eigenvalue weighted by molar-refractivity contribution is 7.89. The molecule has 0 spiro atoms. The second-order valence-corrected chi connectivity index (χ2v) is 5.78. The fraction of sp³-hybridized carbons (Fsp3) is 0.600. The number of sulfonamides is 1. The number of carbonyl (C=O) groups excluding carboxylic acids is 1. The summed E-state index contributed by atoms with van der Waals surface area (Å²) in [7, 11) is -1.14. The molecule has 0 saturated carbocycles. The minimum absolute atomic E-state index is 0.0248. The average Bonchev–Trinajstić information content (AvgIpc) is 2.85. The Morgan fingerprint density at radius 1 is 1.45 bits per heavy atom. The molecule has 3 N–H and O–H groups in total. The van der Waals surface area contributed by atoms with Gasteiger partial charge in [0.25, 0.3) is 0 Å². The number of esters is 1. The van der Waals surface area contributed by atoms with Crippen molar-refractivity contribution >= 4 is 21.8 Å². The molecule has 9 nitrogen and oxygen atoms in total. The summed E-state index contributed by atoms with van der Waals surface area (Å²) >= 11 is 0. The molecule has 0 bridgehead atoms. The Balaban J connectivity index is 2.91. The van der Waals surface area contributed by atoms with Gasteiger partial charge in [-0.15, -0.1) is 0 Å². The number of aromatic nitrogens is 2. The number of aromatic amines is 1. The van der Waals surface area contributed by atoms with Gasteiger partial charge in [-0.05, 0) is 0 Å². The third-order valence-electron chi connectivity index (χ3n) is 2.59. The minimum atomic E-state index is -3.84. The maximum Gasteiger partial charge on any atom is 0.306 e. The lowest BCUT2D eigenvalue weighted by atomic mass is 10.4. The first kappa shape index (κ1) is 16.4. The van der Waals surface area contributed by atoms with Gasteiger partial charge < -0.3 is 15.2 Å². The standard InChI is InChI=1S/C10H18N4O5S/c1-18-6-5-14(4-3-9(15)19-2)20(16,17)8-7-12-13-10(8)11/h7H,3-6H2,1-2H3,(H3,11,12,13). The molecule has 0 aliphatic rings. The molecular weight excluding hydrogens is 288 g/mol. The number of anilines is 1. The molecule has 1 rings (SSSR count). The zero-order valence-corrected chi connectivity index (χ0v) is 12.1. The van der Waals surface area contributed by atoms with E-state index in [1.165, 1.54) is 14.2 Å². The van der Waals surface area contributed by atoms with E-state index in [0.29, 0.717) is 0 Å². The molecule has 0 aliphatic heterocycles. The van der Waals surface area contributed by atoms with Crippen LogP contribution in [0.3, 0.4) is 0 Å². The highest BCUT2D eigenvalue weighted by Gasteiger charge is 2.28. The van der Waals surface area contributed by atoms with Gasteiger partial charge in [-0.2, -0.15) is 9.40 Å². The third kappa shape index (κ3) is 3.92. The largest absolute Gasteiger partial charge is 0.469 e. The Labute approximate surface area is 117 Å². The van der Waals surface area contributed by atoms with Gasteiger partial charge in [0, 0.05) is 20.2 Å². The van der Waals surface area contributed by atoms with E-state index in [1.807, 2.05) is 0 Å². The SMILES string of the molecule is COCCN(CCC(=O)OC)S(=O)(=O)c1cn[nH]c1N. The average molecular weight is 306 g/mol. The van der Waals surface area contributed by atoms with Gasteiger partial charge in [-0.25, -0.2) is 8.42 Å². The van der Waals surface area contributed by atoms with Gasteiger partial charge in [-0.1, -0.05) is 0 Å². The number of nitrogen functional groups attached to an aromatic ring is 1. The van der Waals surface area contributed by atoms with E-state index in [-0.39, 0.29) is 36.8 Å². The lowest BCUT2D eigenvalue weighted by Gasteiger charge is -2.20. The Hall–Kier alpha value is -1.65. The van der Waals surface area contributed by atoms with E-state index >= 15 is 0 Å². The molecule has 1 heterocycles. The quantitative estimate of drug-likeness (QED) is 0.601. The van der Waals surface area contributed by atoms with Gasteiger partial charge in [0.1, 0.15) is 10.7 Å². The second kappa shape index (κ2) is 7.22. The molecule has 0 amide bonds. The number of hydrogen-bond donors (Lipinski definition) is 2. The number of hydrogen-bond acceptors (Lipinski definition) is 7. The van der Waals surface area contributed by atoms with Crippen molar-refractivity contribution < 1.29 is 22.7 Å². The van der Waals surface area contributed by atoms with E-state index in [0.717, 1.165) is 10.5 Å². The number of H-pyrrole nitrogens is 1. The van der Waals surface area contributed by atoms with Crippen molar-refractivity contribution in [1.82, 2.24) is 14.5 Å². The number of rotatable bonds is 8. The first-order valence-electron chi connectivity index (χ1n) is 5.78. The van der Waals surface area contributed by atoms with Crippen LogP contribution in [0.1, 0.15) is 6.42 Å². The monoisotopic (exact) mass is 306 g/mol. The molecule has 0 aliphatic carbocycles. The molecule has 0 atom stereocenters. The van der Waals surface area contributed by atoms with Crippen LogP contribution < -0.4 is 5.73 Å². The van der Waals surface area contributed by atoms with Gasteiger partial charge in [-0.3, -0.25) is 9.89 Å². The summed E-state index contributed by atoms with van der Waals surface area (Å²) in [5.74, 6) is -0.548. The summed E-state index contributed by atoms with van der Waals surface area (Å²) in [5.41, 5.74) is 5.53. The second-order valence-electron chi connectivity index (χ2n) is 3.87. The highest BCUT2D eigenvalue weighted by atomic mass is 32.2. The van der Waals surface area contributed by atoms with E-state index in [2.05, 4.69) is 14.9 Å².